The lowest BCUT2D eigenvalue weighted by Gasteiger charge is -2.06. The number of hydrogen-bond acceptors (Lipinski definition) is 6. The van der Waals surface area contributed by atoms with Crippen molar-refractivity contribution in [3.63, 3.8) is 0 Å². The molecule has 0 radical (unpaired) electrons. The summed E-state index contributed by atoms with van der Waals surface area (Å²) in [5, 5.41) is 9.08. The normalized spacial score (nSPS) is 10.3. The minimum Gasteiger partial charge on any atom is -0.382 e. The summed E-state index contributed by atoms with van der Waals surface area (Å²) in [5.74, 6) is -0.652. The van der Waals surface area contributed by atoms with E-state index in [2.05, 4.69) is 9.97 Å². The maximum absolute atomic E-state index is 13.3. The SMILES string of the molecule is Cc1cc(C(=O)CSc2ncc(C#N)c(N)n2)c(Cl)cc1F. The van der Waals surface area contributed by atoms with Crippen molar-refractivity contribution in [1.29, 1.82) is 5.26 Å². The number of benzene rings is 1. The molecular formula is C14H10ClFN4OS. The van der Waals surface area contributed by atoms with Crippen molar-refractivity contribution < 1.29 is 9.18 Å². The number of halogens is 2. The average Bonchev–Trinajstić information content (AvgIpc) is 2.48. The van der Waals surface area contributed by atoms with Crippen LogP contribution in [0.1, 0.15) is 21.5 Å². The number of hydrogen-bond donors (Lipinski definition) is 1. The number of rotatable bonds is 4. The number of aryl methyl sites for hydroxylation is 1. The Kier molecular flexibility index (Phi) is 4.96. The molecule has 0 bridgehead atoms. The summed E-state index contributed by atoms with van der Waals surface area (Å²) in [5.41, 5.74) is 6.34. The molecule has 0 aliphatic carbocycles. The van der Waals surface area contributed by atoms with Crippen LogP contribution >= 0.6 is 23.4 Å². The average molecular weight is 337 g/mol. The molecule has 0 spiro atoms. The second-order valence-electron chi connectivity index (χ2n) is 4.36. The maximum Gasteiger partial charge on any atom is 0.189 e. The molecule has 2 N–H and O–H groups in total. The second-order valence-corrected chi connectivity index (χ2v) is 5.71. The third-order valence-corrected chi connectivity index (χ3v) is 3.97. The number of Topliss-reactive ketones (excluding diaryl/α,β-unsaturated/α-hetero) is 1. The molecule has 0 aliphatic heterocycles. The van der Waals surface area contributed by atoms with Crippen LogP contribution in [0.15, 0.2) is 23.5 Å². The highest BCUT2D eigenvalue weighted by molar-refractivity contribution is 7.99. The van der Waals surface area contributed by atoms with Crippen LogP contribution in [-0.2, 0) is 0 Å². The molecular weight excluding hydrogens is 327 g/mol. The summed E-state index contributed by atoms with van der Waals surface area (Å²) in [6.07, 6.45) is 1.30. The van der Waals surface area contributed by atoms with Gasteiger partial charge in [0.1, 0.15) is 23.3 Å². The number of nitrogen functional groups attached to an aromatic ring is 1. The molecule has 0 saturated carbocycles. The molecule has 0 atom stereocenters. The van der Waals surface area contributed by atoms with Crippen molar-refractivity contribution in [3.05, 3.63) is 45.9 Å². The Bertz CT molecular complexity index is 791. The number of carbonyl (C=O) groups is 1. The third kappa shape index (κ3) is 3.53. The number of anilines is 1. The standard InChI is InChI=1S/C14H10ClFN4OS/c1-7-2-9(10(15)3-11(7)16)12(21)6-22-14-19-5-8(4-17)13(18)20-14/h2-3,5H,6H2,1H3,(H2,18,19,20). The first-order valence-corrected chi connectivity index (χ1v) is 7.43. The van der Waals surface area contributed by atoms with E-state index in [0.717, 1.165) is 17.8 Å². The number of ketones is 1. The van der Waals surface area contributed by atoms with Gasteiger partial charge in [-0.15, -0.1) is 0 Å². The Balaban J connectivity index is 2.12. The molecule has 0 amide bonds. The fraction of sp³-hybridized carbons (Fsp3) is 0.143. The number of carbonyl (C=O) groups excluding carboxylic acids is 1. The van der Waals surface area contributed by atoms with Crippen LogP contribution in [0.25, 0.3) is 0 Å². The first kappa shape index (κ1) is 16.2. The topological polar surface area (TPSA) is 92.7 Å². The summed E-state index contributed by atoms with van der Waals surface area (Å²) in [7, 11) is 0. The Labute approximate surface area is 135 Å². The first-order valence-electron chi connectivity index (χ1n) is 6.06. The predicted molar refractivity (Wildman–Crippen MR) is 82.4 cm³/mol. The monoisotopic (exact) mass is 336 g/mol. The predicted octanol–water partition coefficient (Wildman–Crippen LogP) is 3.01. The van der Waals surface area contributed by atoms with Crippen LogP contribution in [0.3, 0.4) is 0 Å². The molecule has 1 aromatic heterocycles. The van der Waals surface area contributed by atoms with E-state index < -0.39 is 5.82 Å². The molecule has 1 heterocycles. The highest BCUT2D eigenvalue weighted by Gasteiger charge is 2.15. The molecule has 8 heteroatoms. The number of thioether (sulfide) groups is 1. The van der Waals surface area contributed by atoms with Gasteiger partial charge in [0.05, 0.1) is 17.0 Å². The van der Waals surface area contributed by atoms with Crippen molar-refractivity contribution in [3.8, 4) is 6.07 Å². The van der Waals surface area contributed by atoms with Crippen molar-refractivity contribution in [2.24, 2.45) is 0 Å². The molecule has 112 valence electrons. The zero-order chi connectivity index (χ0) is 16.3. The number of nitrogens with two attached hydrogens (primary N) is 1. The van der Waals surface area contributed by atoms with Crippen molar-refractivity contribution in [2.45, 2.75) is 12.1 Å². The molecule has 2 rings (SSSR count). The Hall–Kier alpha value is -2.17. The molecule has 0 fully saturated rings. The van der Waals surface area contributed by atoms with Crippen LogP contribution in [0, 0.1) is 24.1 Å². The number of nitrogens with zero attached hydrogens (tertiary/aromatic N) is 3. The lowest BCUT2D eigenvalue weighted by Crippen LogP contribution is -2.06. The van der Waals surface area contributed by atoms with Crippen LogP contribution in [0.2, 0.25) is 5.02 Å². The van der Waals surface area contributed by atoms with Gasteiger partial charge in [-0.2, -0.15) is 5.26 Å². The first-order chi connectivity index (χ1) is 10.4. The fourth-order valence-corrected chi connectivity index (χ4v) is 2.57. The summed E-state index contributed by atoms with van der Waals surface area (Å²) >= 11 is 6.95. The van der Waals surface area contributed by atoms with E-state index in [9.17, 15) is 9.18 Å². The zero-order valence-electron chi connectivity index (χ0n) is 11.4. The maximum atomic E-state index is 13.3. The smallest absolute Gasteiger partial charge is 0.189 e. The van der Waals surface area contributed by atoms with Gasteiger partial charge >= 0.3 is 0 Å². The largest absolute Gasteiger partial charge is 0.382 e. The Morgan fingerprint density at radius 1 is 1.55 bits per heavy atom. The van der Waals surface area contributed by atoms with Gasteiger partial charge in [0.25, 0.3) is 0 Å². The van der Waals surface area contributed by atoms with Crippen LogP contribution in [0.5, 0.6) is 0 Å². The van der Waals surface area contributed by atoms with E-state index in [1.54, 1.807) is 6.92 Å². The van der Waals surface area contributed by atoms with Gasteiger partial charge in [-0.1, -0.05) is 23.4 Å². The fourth-order valence-electron chi connectivity index (χ4n) is 1.61. The Morgan fingerprint density at radius 2 is 2.27 bits per heavy atom. The Morgan fingerprint density at radius 3 is 2.91 bits per heavy atom. The van der Waals surface area contributed by atoms with Gasteiger partial charge < -0.3 is 5.73 Å². The molecule has 22 heavy (non-hydrogen) atoms. The molecule has 5 nitrogen and oxygen atoms in total. The molecule has 0 unspecified atom stereocenters. The lowest BCUT2D eigenvalue weighted by atomic mass is 10.1. The minimum absolute atomic E-state index is 0.0239. The van der Waals surface area contributed by atoms with Crippen LogP contribution < -0.4 is 5.73 Å². The summed E-state index contributed by atoms with van der Waals surface area (Å²) in [4.78, 5) is 20.0. The van der Waals surface area contributed by atoms with Crippen molar-refractivity contribution in [2.75, 3.05) is 11.5 Å². The minimum atomic E-state index is -0.461. The van der Waals surface area contributed by atoms with E-state index in [1.807, 2.05) is 6.07 Å². The van der Waals surface area contributed by atoms with Crippen LogP contribution in [-0.4, -0.2) is 21.5 Å². The van der Waals surface area contributed by atoms with Gasteiger partial charge in [0.15, 0.2) is 10.9 Å². The zero-order valence-corrected chi connectivity index (χ0v) is 13.0. The van der Waals surface area contributed by atoms with E-state index >= 15 is 0 Å². The van der Waals surface area contributed by atoms with E-state index in [1.165, 1.54) is 12.3 Å². The summed E-state index contributed by atoms with van der Waals surface area (Å²) < 4.78 is 13.3. The van der Waals surface area contributed by atoms with E-state index in [0.29, 0.717) is 5.56 Å². The quantitative estimate of drug-likeness (QED) is 0.524. The van der Waals surface area contributed by atoms with Crippen LogP contribution in [0.4, 0.5) is 10.2 Å². The highest BCUT2D eigenvalue weighted by atomic mass is 35.5. The number of aromatic nitrogens is 2. The third-order valence-electron chi connectivity index (χ3n) is 2.80. The lowest BCUT2D eigenvalue weighted by molar-refractivity contribution is 0.102. The van der Waals surface area contributed by atoms with E-state index in [-0.39, 0.29) is 38.7 Å². The van der Waals surface area contributed by atoms with Gasteiger partial charge in [-0.3, -0.25) is 4.79 Å². The molecule has 1 aromatic carbocycles. The second kappa shape index (κ2) is 6.73. The van der Waals surface area contributed by atoms with Gasteiger partial charge in [-0.05, 0) is 24.6 Å². The van der Waals surface area contributed by atoms with E-state index in [4.69, 9.17) is 22.6 Å². The van der Waals surface area contributed by atoms with Gasteiger partial charge in [0, 0.05) is 5.56 Å². The van der Waals surface area contributed by atoms with Crippen molar-refractivity contribution in [1.82, 2.24) is 9.97 Å². The summed E-state index contributed by atoms with van der Waals surface area (Å²) in [6.45, 7) is 1.56. The molecule has 2 aromatic rings. The molecule has 0 aliphatic rings. The summed E-state index contributed by atoms with van der Waals surface area (Å²) in [6, 6.07) is 4.38. The highest BCUT2D eigenvalue weighted by Crippen LogP contribution is 2.23. The van der Waals surface area contributed by atoms with Crippen molar-refractivity contribution >= 4 is 35.0 Å². The number of nitriles is 1. The van der Waals surface area contributed by atoms with Gasteiger partial charge in [-0.25, -0.2) is 14.4 Å². The van der Waals surface area contributed by atoms with Gasteiger partial charge in [0.2, 0.25) is 0 Å². The molecule has 0 saturated heterocycles.